The van der Waals surface area contributed by atoms with Crippen LogP contribution in [0.2, 0.25) is 0 Å². The summed E-state index contributed by atoms with van der Waals surface area (Å²) in [5.74, 6) is -0.140. The highest BCUT2D eigenvalue weighted by Crippen LogP contribution is 2.10. The normalized spacial score (nSPS) is 9.83. The molecule has 0 saturated heterocycles. The maximum Gasteiger partial charge on any atom is 0.316 e. The Balaban J connectivity index is 2.54. The summed E-state index contributed by atoms with van der Waals surface area (Å²) in [5.41, 5.74) is 6.04. The predicted molar refractivity (Wildman–Crippen MR) is 71.5 cm³/mol. The number of unbranched alkanes of at least 4 members (excludes halogenated alkanes) is 2. The number of benzene rings is 1. The molecule has 0 aliphatic rings. The van der Waals surface area contributed by atoms with Crippen LogP contribution in [0.25, 0.3) is 0 Å². The Bertz CT molecular complexity index is 418. The Morgan fingerprint density at radius 3 is 2.72 bits per heavy atom. The first kappa shape index (κ1) is 14.0. The van der Waals surface area contributed by atoms with Crippen LogP contribution in [0.3, 0.4) is 0 Å². The third-order valence-corrected chi connectivity index (χ3v) is 2.46. The lowest BCUT2D eigenvalue weighted by Crippen LogP contribution is -2.25. The minimum atomic E-state index is -0.643. The molecule has 0 aromatic heterocycles. The summed E-state index contributed by atoms with van der Waals surface area (Å²) in [5, 5.41) is 5.27. The van der Waals surface area contributed by atoms with E-state index in [-0.39, 0.29) is 5.91 Å². The molecule has 1 rings (SSSR count). The molecule has 0 radical (unpaired) electrons. The molecule has 1 aromatic rings. The number of hydrogen-bond donors (Lipinski definition) is 3. The second-order valence-electron chi connectivity index (χ2n) is 4.03. The molecule has 0 unspecified atom stereocenters. The first-order valence-corrected chi connectivity index (χ1v) is 6.08. The molecule has 1 aromatic carbocycles. The van der Waals surface area contributed by atoms with Crippen LogP contribution in [0.4, 0.5) is 10.5 Å². The van der Waals surface area contributed by atoms with Gasteiger partial charge in [0.2, 0.25) is 0 Å². The van der Waals surface area contributed by atoms with E-state index in [4.69, 9.17) is 5.73 Å². The van der Waals surface area contributed by atoms with E-state index in [1.54, 1.807) is 24.3 Å². The number of carbonyl (C=O) groups is 2. The molecule has 0 fully saturated rings. The number of urea groups is 1. The third-order valence-electron chi connectivity index (χ3n) is 2.46. The lowest BCUT2D eigenvalue weighted by molar-refractivity contribution is 0.0953. The van der Waals surface area contributed by atoms with E-state index in [9.17, 15) is 9.59 Å². The predicted octanol–water partition coefficient (Wildman–Crippen LogP) is 2.10. The quantitative estimate of drug-likeness (QED) is 0.674. The van der Waals surface area contributed by atoms with Gasteiger partial charge in [0, 0.05) is 17.8 Å². The molecule has 0 atom stereocenters. The molecule has 0 aliphatic carbocycles. The number of carbonyl (C=O) groups excluding carboxylic acids is 2. The van der Waals surface area contributed by atoms with Crippen LogP contribution in [-0.2, 0) is 0 Å². The van der Waals surface area contributed by atoms with Crippen molar-refractivity contribution in [2.75, 3.05) is 11.9 Å². The summed E-state index contributed by atoms with van der Waals surface area (Å²) < 4.78 is 0. The van der Waals surface area contributed by atoms with Gasteiger partial charge in [-0.2, -0.15) is 0 Å². The Kier molecular flexibility index (Phi) is 5.70. The van der Waals surface area contributed by atoms with Gasteiger partial charge < -0.3 is 16.4 Å². The van der Waals surface area contributed by atoms with E-state index in [1.807, 2.05) is 0 Å². The van der Waals surface area contributed by atoms with Crippen molar-refractivity contribution < 1.29 is 9.59 Å². The first-order valence-electron chi connectivity index (χ1n) is 6.08. The van der Waals surface area contributed by atoms with Gasteiger partial charge in [-0.1, -0.05) is 25.8 Å². The van der Waals surface area contributed by atoms with Crippen LogP contribution in [0.15, 0.2) is 24.3 Å². The van der Waals surface area contributed by atoms with E-state index in [2.05, 4.69) is 17.6 Å². The molecule has 5 nitrogen and oxygen atoms in total. The Hall–Kier alpha value is -2.04. The van der Waals surface area contributed by atoms with Gasteiger partial charge in [-0.3, -0.25) is 4.79 Å². The van der Waals surface area contributed by atoms with E-state index < -0.39 is 6.03 Å². The molecule has 0 saturated carbocycles. The zero-order chi connectivity index (χ0) is 13.4. The van der Waals surface area contributed by atoms with Crippen molar-refractivity contribution in [3.8, 4) is 0 Å². The molecule has 0 aliphatic heterocycles. The first-order chi connectivity index (χ1) is 8.63. The van der Waals surface area contributed by atoms with Crippen LogP contribution in [0.5, 0.6) is 0 Å². The van der Waals surface area contributed by atoms with Crippen molar-refractivity contribution in [3.63, 3.8) is 0 Å². The molecule has 4 N–H and O–H groups in total. The van der Waals surface area contributed by atoms with E-state index in [0.717, 1.165) is 19.3 Å². The van der Waals surface area contributed by atoms with Crippen molar-refractivity contribution in [1.82, 2.24) is 5.32 Å². The molecule has 18 heavy (non-hydrogen) atoms. The van der Waals surface area contributed by atoms with Gasteiger partial charge in [0.05, 0.1) is 0 Å². The van der Waals surface area contributed by atoms with Crippen molar-refractivity contribution in [1.29, 1.82) is 0 Å². The average molecular weight is 249 g/mol. The van der Waals surface area contributed by atoms with Crippen LogP contribution >= 0.6 is 0 Å². The fraction of sp³-hybridized carbons (Fsp3) is 0.385. The van der Waals surface area contributed by atoms with Gasteiger partial charge in [-0.15, -0.1) is 0 Å². The van der Waals surface area contributed by atoms with Crippen molar-refractivity contribution >= 4 is 17.6 Å². The highest BCUT2D eigenvalue weighted by Gasteiger charge is 2.05. The molecule has 0 spiro atoms. The Labute approximate surface area is 107 Å². The molecular weight excluding hydrogens is 230 g/mol. The van der Waals surface area contributed by atoms with E-state index in [1.165, 1.54) is 0 Å². The molecule has 0 bridgehead atoms. The topological polar surface area (TPSA) is 84.2 Å². The number of primary amides is 1. The van der Waals surface area contributed by atoms with Gasteiger partial charge in [0.1, 0.15) is 0 Å². The third kappa shape index (κ3) is 4.86. The highest BCUT2D eigenvalue weighted by molar-refractivity contribution is 5.96. The minimum absolute atomic E-state index is 0.140. The highest BCUT2D eigenvalue weighted by atomic mass is 16.2. The Morgan fingerprint density at radius 1 is 1.28 bits per heavy atom. The van der Waals surface area contributed by atoms with Crippen LogP contribution in [0, 0.1) is 0 Å². The summed E-state index contributed by atoms with van der Waals surface area (Å²) >= 11 is 0. The smallest absolute Gasteiger partial charge is 0.316 e. The van der Waals surface area contributed by atoms with Gasteiger partial charge in [-0.05, 0) is 24.6 Å². The molecule has 5 heteroatoms. The maximum absolute atomic E-state index is 11.8. The molecule has 98 valence electrons. The standard InChI is InChI=1S/C13H19N3O2/c1-2-3-4-8-15-12(17)10-6-5-7-11(9-10)16-13(14)18/h5-7,9H,2-4,8H2,1H3,(H,15,17)(H3,14,16,18). The number of nitrogens with one attached hydrogen (secondary N) is 2. The fourth-order valence-electron chi connectivity index (χ4n) is 1.56. The van der Waals surface area contributed by atoms with Crippen LogP contribution < -0.4 is 16.4 Å². The minimum Gasteiger partial charge on any atom is -0.352 e. The zero-order valence-electron chi connectivity index (χ0n) is 10.5. The fourth-order valence-corrected chi connectivity index (χ4v) is 1.56. The van der Waals surface area contributed by atoms with Crippen LogP contribution in [-0.4, -0.2) is 18.5 Å². The van der Waals surface area contributed by atoms with Crippen molar-refractivity contribution in [2.24, 2.45) is 5.73 Å². The van der Waals surface area contributed by atoms with Crippen LogP contribution in [0.1, 0.15) is 36.5 Å². The van der Waals surface area contributed by atoms with Crippen molar-refractivity contribution in [2.45, 2.75) is 26.2 Å². The molecular formula is C13H19N3O2. The summed E-state index contributed by atoms with van der Waals surface area (Å²) in [6.45, 7) is 2.78. The van der Waals surface area contributed by atoms with Crippen molar-refractivity contribution in [3.05, 3.63) is 29.8 Å². The molecule has 0 heterocycles. The second-order valence-corrected chi connectivity index (χ2v) is 4.03. The second kappa shape index (κ2) is 7.32. The number of amides is 3. The lowest BCUT2D eigenvalue weighted by Gasteiger charge is -2.07. The zero-order valence-corrected chi connectivity index (χ0v) is 10.5. The summed E-state index contributed by atoms with van der Waals surface area (Å²) in [7, 11) is 0. The van der Waals surface area contributed by atoms with Gasteiger partial charge >= 0.3 is 6.03 Å². The average Bonchev–Trinajstić information content (AvgIpc) is 2.34. The Morgan fingerprint density at radius 2 is 2.06 bits per heavy atom. The summed E-state index contributed by atoms with van der Waals surface area (Å²) in [6.07, 6.45) is 3.19. The largest absolute Gasteiger partial charge is 0.352 e. The van der Waals surface area contributed by atoms with Gasteiger partial charge in [0.15, 0.2) is 0 Å². The SMILES string of the molecule is CCCCCNC(=O)c1cccc(NC(N)=O)c1. The lowest BCUT2D eigenvalue weighted by atomic mass is 10.2. The summed E-state index contributed by atoms with van der Waals surface area (Å²) in [6, 6.07) is 6.03. The van der Waals surface area contributed by atoms with Gasteiger partial charge in [-0.25, -0.2) is 4.79 Å². The number of anilines is 1. The van der Waals surface area contributed by atoms with E-state index >= 15 is 0 Å². The monoisotopic (exact) mass is 249 g/mol. The number of nitrogens with two attached hydrogens (primary N) is 1. The molecule has 3 amide bonds. The summed E-state index contributed by atoms with van der Waals surface area (Å²) in [4.78, 5) is 22.5. The number of hydrogen-bond acceptors (Lipinski definition) is 2. The number of rotatable bonds is 6. The maximum atomic E-state index is 11.8. The van der Waals surface area contributed by atoms with Gasteiger partial charge in [0.25, 0.3) is 5.91 Å². The van der Waals surface area contributed by atoms with E-state index in [0.29, 0.717) is 17.8 Å².